The molecule has 0 aliphatic heterocycles. The van der Waals surface area contributed by atoms with Gasteiger partial charge in [-0.1, -0.05) is 34.6 Å². The Bertz CT molecular complexity index is 1680. The smallest absolute Gasteiger partial charge is 0.417 e. The van der Waals surface area contributed by atoms with Crippen LogP contribution in [-0.4, -0.2) is 61.0 Å². The van der Waals surface area contributed by atoms with E-state index in [1.54, 1.807) is 0 Å². The van der Waals surface area contributed by atoms with Crippen LogP contribution < -0.4 is 5.73 Å². The standard InChI is InChI=1S/C36H45F3N2O7/c1-6-34(5)24(9-16(2)33(34,3)4)41(14-17-7-8-17)15-19-12-22(42)26-21(28(19)36(37,38)39)11-18-10-20-13-23(43)27(32(40)47)31(46)35(20,48)30(45)25(18)29(26)44/h12,16-18,20,24,42,44,46,48H,6-11,13-15H2,1-5H3,(H2,40,47)/t16?,18?,20-,24-,34?,35-/m0/s1. The second-order valence-corrected chi connectivity index (χ2v) is 15.7. The van der Waals surface area contributed by atoms with E-state index in [0.29, 0.717) is 18.4 Å². The van der Waals surface area contributed by atoms with Crippen LogP contribution in [0.5, 0.6) is 5.75 Å². The zero-order valence-electron chi connectivity index (χ0n) is 28.0. The van der Waals surface area contributed by atoms with Crippen LogP contribution in [0.15, 0.2) is 23.0 Å². The van der Waals surface area contributed by atoms with Gasteiger partial charge in [0.05, 0.1) is 11.1 Å². The van der Waals surface area contributed by atoms with E-state index in [1.807, 2.05) is 0 Å². The van der Waals surface area contributed by atoms with Gasteiger partial charge in [-0.25, -0.2) is 0 Å². The summed E-state index contributed by atoms with van der Waals surface area (Å²) in [6, 6.07) is 1.02. The summed E-state index contributed by atoms with van der Waals surface area (Å²) in [5, 5.41) is 45.0. The number of amides is 1. The molecule has 0 radical (unpaired) electrons. The topological polar surface area (TPSA) is 161 Å². The molecule has 1 aromatic carbocycles. The number of phenols is 1. The van der Waals surface area contributed by atoms with Crippen molar-refractivity contribution in [3.05, 3.63) is 45.2 Å². The molecule has 1 amide bonds. The lowest BCUT2D eigenvalue weighted by molar-refractivity contribution is -0.147. The number of hydrogen-bond donors (Lipinski definition) is 5. The summed E-state index contributed by atoms with van der Waals surface area (Å²) in [5.41, 5.74) is -1.22. The number of primary amides is 1. The van der Waals surface area contributed by atoms with Gasteiger partial charge in [0.15, 0.2) is 11.4 Å². The van der Waals surface area contributed by atoms with E-state index in [9.17, 15) is 34.8 Å². The van der Waals surface area contributed by atoms with Crippen LogP contribution in [0.25, 0.3) is 5.76 Å². The molecule has 3 unspecified atom stereocenters. The summed E-state index contributed by atoms with van der Waals surface area (Å²) in [4.78, 5) is 40.6. The summed E-state index contributed by atoms with van der Waals surface area (Å²) in [6.07, 6.45) is -2.42. The van der Waals surface area contributed by atoms with Gasteiger partial charge in [-0.05, 0) is 84.3 Å². The number of carbonyl (C=O) groups excluding carboxylic acids is 3. The Kier molecular flexibility index (Phi) is 7.95. The van der Waals surface area contributed by atoms with Crippen molar-refractivity contribution >= 4 is 23.2 Å². The highest BCUT2D eigenvalue weighted by atomic mass is 19.4. The predicted molar refractivity (Wildman–Crippen MR) is 169 cm³/mol. The van der Waals surface area contributed by atoms with Crippen molar-refractivity contribution in [2.24, 2.45) is 40.2 Å². The second-order valence-electron chi connectivity index (χ2n) is 15.7. The van der Waals surface area contributed by atoms with E-state index in [2.05, 4.69) is 39.5 Å². The number of benzene rings is 1. The van der Waals surface area contributed by atoms with Gasteiger partial charge in [0.1, 0.15) is 22.8 Å². The molecular weight excluding hydrogens is 629 g/mol. The van der Waals surface area contributed by atoms with Crippen molar-refractivity contribution in [3.8, 4) is 5.75 Å². The summed E-state index contributed by atoms with van der Waals surface area (Å²) >= 11 is 0. The Morgan fingerprint density at radius 1 is 1.08 bits per heavy atom. The molecule has 5 aliphatic rings. The first kappa shape index (κ1) is 34.5. The molecule has 0 bridgehead atoms. The largest absolute Gasteiger partial charge is 0.508 e. The lowest BCUT2D eigenvalue weighted by Gasteiger charge is -2.47. The summed E-state index contributed by atoms with van der Waals surface area (Å²) in [7, 11) is 0. The highest BCUT2D eigenvalue weighted by molar-refractivity contribution is 6.22. The monoisotopic (exact) mass is 674 g/mol. The molecule has 262 valence electrons. The molecule has 0 aromatic heterocycles. The van der Waals surface area contributed by atoms with Gasteiger partial charge in [0.2, 0.25) is 5.78 Å². The summed E-state index contributed by atoms with van der Waals surface area (Å²) in [6.45, 7) is 11.6. The van der Waals surface area contributed by atoms with Crippen molar-refractivity contribution < 1.29 is 48.0 Å². The molecule has 9 nitrogen and oxygen atoms in total. The maximum absolute atomic E-state index is 15.2. The van der Waals surface area contributed by atoms with Crippen molar-refractivity contribution in [1.82, 2.24) is 4.90 Å². The average molecular weight is 675 g/mol. The van der Waals surface area contributed by atoms with Gasteiger partial charge >= 0.3 is 6.18 Å². The number of nitrogens with zero attached hydrogens (tertiary/aromatic N) is 1. The molecule has 48 heavy (non-hydrogen) atoms. The van der Waals surface area contributed by atoms with Gasteiger partial charge in [-0.15, -0.1) is 0 Å². The van der Waals surface area contributed by atoms with E-state index in [-0.39, 0.29) is 41.0 Å². The first-order valence-electron chi connectivity index (χ1n) is 16.9. The van der Waals surface area contributed by atoms with Crippen LogP contribution >= 0.6 is 0 Å². The van der Waals surface area contributed by atoms with Crippen molar-refractivity contribution in [1.29, 1.82) is 0 Å². The van der Waals surface area contributed by atoms with E-state index < -0.39 is 93.5 Å². The fraction of sp³-hybridized carbons (Fsp3) is 0.639. The van der Waals surface area contributed by atoms with Gasteiger partial charge < -0.3 is 26.2 Å². The van der Waals surface area contributed by atoms with Crippen molar-refractivity contribution in [2.45, 2.75) is 104 Å². The molecule has 6 atom stereocenters. The van der Waals surface area contributed by atoms with Crippen LogP contribution in [0.3, 0.4) is 0 Å². The number of hydrogen-bond acceptors (Lipinski definition) is 8. The summed E-state index contributed by atoms with van der Waals surface area (Å²) in [5.74, 6) is -7.94. The second kappa shape index (κ2) is 11.1. The number of alkyl halides is 3. The van der Waals surface area contributed by atoms with E-state index in [0.717, 1.165) is 31.7 Å². The Hall–Kier alpha value is -3.38. The summed E-state index contributed by atoms with van der Waals surface area (Å²) < 4.78 is 45.7. The number of phenolic OH excluding ortho intramolecular Hbond substituents is 1. The lowest BCUT2D eigenvalue weighted by atomic mass is 9.59. The highest BCUT2D eigenvalue weighted by Crippen LogP contribution is 2.60. The zero-order valence-corrected chi connectivity index (χ0v) is 28.0. The number of ketones is 2. The normalized spacial score (nSPS) is 33.2. The molecule has 0 saturated heterocycles. The SMILES string of the molecule is CCC1(C)[C@@H](N(Cc2cc(O)c3c(c2C(F)(F)F)CC2C[C@H]4CC(=O)C(C(N)=O)=C(O)[C@@]4(O)C(=O)C2=C3O)CC2CC2)CC(C)C1(C)C. The molecule has 0 heterocycles. The molecule has 3 fully saturated rings. The number of nitrogens with two attached hydrogens (primary N) is 1. The number of aromatic hydroxyl groups is 1. The van der Waals surface area contributed by atoms with Crippen molar-refractivity contribution in [2.75, 3.05) is 6.54 Å². The number of fused-ring (bicyclic) bond motifs is 3. The van der Waals surface area contributed by atoms with E-state index in [4.69, 9.17) is 5.73 Å². The number of aliphatic hydroxyl groups is 3. The number of halogens is 3. The average Bonchev–Trinajstić information content (AvgIpc) is 3.77. The Labute approximate surface area is 277 Å². The molecule has 0 spiro atoms. The predicted octanol–water partition coefficient (Wildman–Crippen LogP) is 5.51. The van der Waals surface area contributed by atoms with Gasteiger partial charge in [0, 0.05) is 37.0 Å². The van der Waals surface area contributed by atoms with Gasteiger partial charge in [-0.2, -0.15) is 13.2 Å². The third-order valence-corrected chi connectivity index (χ3v) is 13.2. The number of aliphatic hydroxyl groups excluding tert-OH is 2. The maximum Gasteiger partial charge on any atom is 0.417 e. The van der Waals surface area contributed by atoms with Crippen LogP contribution in [0.2, 0.25) is 0 Å². The van der Waals surface area contributed by atoms with Crippen LogP contribution in [0.4, 0.5) is 13.2 Å². The Morgan fingerprint density at radius 3 is 2.29 bits per heavy atom. The number of rotatable bonds is 7. The Balaban J connectivity index is 1.48. The van der Waals surface area contributed by atoms with Gasteiger partial charge in [0.25, 0.3) is 5.91 Å². The Morgan fingerprint density at radius 2 is 1.73 bits per heavy atom. The molecule has 12 heteroatoms. The molecule has 6 N–H and O–H groups in total. The maximum atomic E-state index is 15.2. The molecular formula is C36H45F3N2O7. The zero-order chi connectivity index (χ0) is 35.5. The molecule has 3 saturated carbocycles. The first-order chi connectivity index (χ1) is 22.2. The van der Waals surface area contributed by atoms with Gasteiger partial charge in [-0.3, -0.25) is 19.3 Å². The lowest BCUT2D eigenvalue weighted by Crippen LogP contribution is -2.58. The minimum Gasteiger partial charge on any atom is -0.508 e. The molecule has 6 rings (SSSR count). The number of carbonyl (C=O) groups is 3. The van der Waals surface area contributed by atoms with Crippen molar-refractivity contribution in [3.63, 3.8) is 0 Å². The molecule has 1 aromatic rings. The van der Waals surface area contributed by atoms with Crippen LogP contribution in [-0.2, 0) is 33.5 Å². The third-order valence-electron chi connectivity index (χ3n) is 13.2. The minimum atomic E-state index is -4.88. The minimum absolute atomic E-state index is 0.00392. The fourth-order valence-electron chi connectivity index (χ4n) is 9.52. The van der Waals surface area contributed by atoms with E-state index >= 15 is 13.2 Å². The van der Waals surface area contributed by atoms with Crippen LogP contribution in [0, 0.1) is 34.5 Å². The fourth-order valence-corrected chi connectivity index (χ4v) is 9.52. The first-order valence-corrected chi connectivity index (χ1v) is 16.9. The third kappa shape index (κ3) is 4.83. The quantitative estimate of drug-likeness (QED) is 0.237. The van der Waals surface area contributed by atoms with Crippen LogP contribution in [0.1, 0.15) is 95.4 Å². The van der Waals surface area contributed by atoms with E-state index in [1.165, 1.54) is 0 Å². The number of Topliss-reactive ketones (excluding diaryl/α,β-unsaturated/α-hetero) is 2. The highest BCUT2D eigenvalue weighted by Gasteiger charge is 2.61. The molecule has 5 aliphatic carbocycles.